The van der Waals surface area contributed by atoms with Crippen molar-refractivity contribution in [1.29, 1.82) is 0 Å². The Labute approximate surface area is 172 Å². The number of amides is 4. The Morgan fingerprint density at radius 1 is 1.07 bits per heavy atom. The Morgan fingerprint density at radius 3 is 2.18 bits per heavy atom. The van der Waals surface area contributed by atoms with Crippen LogP contribution in [0.2, 0.25) is 0 Å². The number of fused-ring (bicyclic) bond motifs is 1. The molecular weight excluding hydrogens is 405 g/mol. The Bertz CT molecular complexity index is 756. The van der Waals surface area contributed by atoms with E-state index in [2.05, 4.69) is 5.32 Å². The molecule has 1 fully saturated rings. The van der Waals surface area contributed by atoms with Crippen molar-refractivity contribution in [3.8, 4) is 0 Å². The number of nitrogens with zero attached hydrogens (tertiary/aromatic N) is 2. The molecule has 0 aromatic heterocycles. The second-order valence-electron chi connectivity index (χ2n) is 6.88. The number of imide groups is 1. The van der Waals surface area contributed by atoms with Crippen LogP contribution in [0.25, 0.3) is 0 Å². The predicted molar refractivity (Wildman–Crippen MR) is 104 cm³/mol. The summed E-state index contributed by atoms with van der Waals surface area (Å²) < 4.78 is 0. The molecule has 2 aliphatic rings. The van der Waals surface area contributed by atoms with Crippen molar-refractivity contribution in [2.45, 2.75) is 36.6 Å². The quantitative estimate of drug-likeness (QED) is 0.557. The number of piperidine rings is 1. The van der Waals surface area contributed by atoms with Crippen molar-refractivity contribution in [3.63, 3.8) is 0 Å². The number of carbonyl (C=O) groups is 4. The van der Waals surface area contributed by atoms with Gasteiger partial charge in [-0.25, -0.2) is 0 Å². The highest BCUT2D eigenvalue weighted by Crippen LogP contribution is 2.22. The van der Waals surface area contributed by atoms with Gasteiger partial charge in [-0.1, -0.05) is 35.3 Å². The third-order valence-electron chi connectivity index (χ3n) is 5.02. The highest BCUT2D eigenvalue weighted by atomic mass is 35.5. The normalized spacial score (nSPS) is 17.2. The smallest absolute Gasteiger partial charge is 0.261 e. The zero-order valence-corrected chi connectivity index (χ0v) is 16.7. The van der Waals surface area contributed by atoms with Crippen molar-refractivity contribution in [3.05, 3.63) is 35.4 Å². The van der Waals surface area contributed by atoms with Gasteiger partial charge in [-0.3, -0.25) is 24.1 Å². The first-order valence-electron chi connectivity index (χ1n) is 9.20. The average molecular weight is 426 g/mol. The van der Waals surface area contributed by atoms with E-state index >= 15 is 0 Å². The molecule has 4 amide bonds. The number of likely N-dealkylation sites (tertiary alicyclic amines) is 1. The Morgan fingerprint density at radius 2 is 1.64 bits per heavy atom. The summed E-state index contributed by atoms with van der Waals surface area (Å²) in [5, 5.41) is 2.94. The number of rotatable bonds is 6. The molecule has 0 unspecified atom stereocenters. The van der Waals surface area contributed by atoms with E-state index in [4.69, 9.17) is 23.2 Å². The van der Waals surface area contributed by atoms with E-state index in [0.29, 0.717) is 43.5 Å². The van der Waals surface area contributed by atoms with E-state index in [1.807, 2.05) is 0 Å². The first-order chi connectivity index (χ1) is 13.4. The molecule has 0 spiro atoms. The zero-order valence-electron chi connectivity index (χ0n) is 15.2. The maximum absolute atomic E-state index is 12.3. The summed E-state index contributed by atoms with van der Waals surface area (Å²) in [4.78, 5) is 50.2. The van der Waals surface area contributed by atoms with Gasteiger partial charge in [0, 0.05) is 32.1 Å². The number of nitrogens with one attached hydrogen (secondary N) is 1. The molecule has 1 saturated heterocycles. The molecule has 2 heterocycles. The molecule has 0 aliphatic carbocycles. The largest absolute Gasteiger partial charge is 0.353 e. The molecule has 0 saturated carbocycles. The number of carbonyl (C=O) groups excluding carboxylic acids is 4. The second-order valence-corrected chi connectivity index (χ2v) is 7.98. The van der Waals surface area contributed by atoms with Gasteiger partial charge in [-0.2, -0.15) is 0 Å². The molecule has 1 aromatic carbocycles. The van der Waals surface area contributed by atoms with Crippen LogP contribution in [0.4, 0.5) is 0 Å². The lowest BCUT2D eigenvalue weighted by Gasteiger charge is -2.32. The van der Waals surface area contributed by atoms with Crippen molar-refractivity contribution < 1.29 is 19.2 Å². The summed E-state index contributed by atoms with van der Waals surface area (Å²) >= 11 is 11.2. The number of benzene rings is 1. The number of alkyl halides is 2. The van der Waals surface area contributed by atoms with Crippen molar-refractivity contribution in [2.75, 3.05) is 19.6 Å². The molecule has 9 heteroatoms. The molecule has 150 valence electrons. The Kier molecular flexibility index (Phi) is 6.57. The summed E-state index contributed by atoms with van der Waals surface area (Å²) in [6, 6.07) is 6.70. The fourth-order valence-corrected chi connectivity index (χ4v) is 3.80. The number of halogens is 2. The lowest BCUT2D eigenvalue weighted by Crippen LogP contribution is -2.47. The van der Waals surface area contributed by atoms with Gasteiger partial charge in [0.05, 0.1) is 11.1 Å². The van der Waals surface area contributed by atoms with E-state index in [-0.39, 0.29) is 42.6 Å². The predicted octanol–water partition coefficient (Wildman–Crippen LogP) is 1.97. The summed E-state index contributed by atoms with van der Waals surface area (Å²) in [6.45, 7) is 1.20. The van der Waals surface area contributed by atoms with Crippen LogP contribution < -0.4 is 5.32 Å². The van der Waals surface area contributed by atoms with E-state index in [9.17, 15) is 19.2 Å². The Balaban J connectivity index is 1.40. The Hall–Kier alpha value is -2.12. The third kappa shape index (κ3) is 4.47. The van der Waals surface area contributed by atoms with Crippen molar-refractivity contribution in [2.24, 2.45) is 0 Å². The zero-order chi connectivity index (χ0) is 20.3. The van der Waals surface area contributed by atoms with E-state index in [1.165, 1.54) is 4.90 Å². The minimum Gasteiger partial charge on any atom is -0.353 e. The molecule has 3 rings (SSSR count). The van der Waals surface area contributed by atoms with Gasteiger partial charge < -0.3 is 10.2 Å². The van der Waals surface area contributed by atoms with Crippen LogP contribution in [0.3, 0.4) is 0 Å². The van der Waals surface area contributed by atoms with E-state index in [0.717, 1.165) is 0 Å². The van der Waals surface area contributed by atoms with E-state index < -0.39 is 4.84 Å². The molecule has 0 bridgehead atoms. The minimum absolute atomic E-state index is 0.0139. The highest BCUT2D eigenvalue weighted by Gasteiger charge is 2.34. The minimum atomic E-state index is -1.06. The fourth-order valence-electron chi connectivity index (χ4n) is 3.52. The van der Waals surface area contributed by atoms with E-state index in [1.54, 1.807) is 29.2 Å². The van der Waals surface area contributed by atoms with Crippen LogP contribution in [0.1, 0.15) is 46.4 Å². The van der Waals surface area contributed by atoms with Gasteiger partial charge in [-0.05, 0) is 31.4 Å². The second kappa shape index (κ2) is 8.92. The van der Waals surface area contributed by atoms with Crippen LogP contribution in [0.5, 0.6) is 0 Å². The van der Waals surface area contributed by atoms with Gasteiger partial charge in [0.2, 0.25) is 5.91 Å². The molecule has 28 heavy (non-hydrogen) atoms. The van der Waals surface area contributed by atoms with Crippen molar-refractivity contribution in [1.82, 2.24) is 15.1 Å². The first-order valence-corrected chi connectivity index (χ1v) is 10.1. The SMILES string of the molecule is O=C(CCCN1C(=O)c2ccccc2C1=O)NC1CCN(C(=O)C(Cl)Cl)CC1. The molecule has 2 aliphatic heterocycles. The molecular formula is C19H21Cl2N3O4. The summed E-state index contributed by atoms with van der Waals surface area (Å²) in [7, 11) is 0. The van der Waals surface area contributed by atoms with Gasteiger partial charge in [0.15, 0.2) is 4.84 Å². The van der Waals surface area contributed by atoms with Gasteiger partial charge in [0.1, 0.15) is 0 Å². The fraction of sp³-hybridized carbons (Fsp3) is 0.474. The van der Waals surface area contributed by atoms with Crippen LogP contribution in [-0.4, -0.2) is 63.9 Å². The molecule has 0 radical (unpaired) electrons. The number of hydrogen-bond acceptors (Lipinski definition) is 4. The van der Waals surface area contributed by atoms with Crippen molar-refractivity contribution >= 4 is 46.8 Å². The van der Waals surface area contributed by atoms with Crippen LogP contribution in [0, 0.1) is 0 Å². The first kappa shape index (κ1) is 20.6. The van der Waals surface area contributed by atoms with Crippen LogP contribution in [0.15, 0.2) is 24.3 Å². The molecule has 7 nitrogen and oxygen atoms in total. The van der Waals surface area contributed by atoms with Crippen LogP contribution >= 0.6 is 23.2 Å². The maximum atomic E-state index is 12.3. The highest BCUT2D eigenvalue weighted by molar-refractivity contribution is 6.53. The van der Waals surface area contributed by atoms with Crippen LogP contribution in [-0.2, 0) is 9.59 Å². The molecule has 0 atom stereocenters. The average Bonchev–Trinajstić information content (AvgIpc) is 2.93. The summed E-state index contributed by atoms with van der Waals surface area (Å²) in [6.07, 6.45) is 1.89. The van der Waals surface area contributed by atoms with Gasteiger partial charge in [-0.15, -0.1) is 0 Å². The lowest BCUT2D eigenvalue weighted by atomic mass is 10.0. The van der Waals surface area contributed by atoms with Gasteiger partial charge >= 0.3 is 0 Å². The number of hydrogen-bond donors (Lipinski definition) is 1. The van der Waals surface area contributed by atoms with Gasteiger partial charge in [0.25, 0.3) is 17.7 Å². The molecule has 1 aromatic rings. The lowest BCUT2D eigenvalue weighted by molar-refractivity contribution is -0.130. The topological polar surface area (TPSA) is 86.8 Å². The third-order valence-corrected chi connectivity index (χ3v) is 5.40. The molecule has 1 N–H and O–H groups in total. The summed E-state index contributed by atoms with van der Waals surface area (Å²) in [5.41, 5.74) is 0.823. The monoisotopic (exact) mass is 425 g/mol. The summed E-state index contributed by atoms with van der Waals surface area (Å²) in [5.74, 6) is -1.06. The maximum Gasteiger partial charge on any atom is 0.261 e. The standard InChI is InChI=1S/C19H21Cl2N3O4/c20-16(21)19(28)23-10-7-12(8-11-23)22-15(25)6-3-9-24-17(26)13-4-1-2-5-14(13)18(24)27/h1-2,4-5,12,16H,3,6-11H2,(H,22,25).